The van der Waals surface area contributed by atoms with Crippen molar-refractivity contribution in [2.24, 2.45) is 0 Å². The molecule has 8 nitrogen and oxygen atoms in total. The van der Waals surface area contributed by atoms with E-state index in [4.69, 9.17) is 9.05 Å². The highest BCUT2D eigenvalue weighted by atomic mass is 19.4. The zero-order valence-corrected chi connectivity index (χ0v) is 19.0. The smallest absolute Gasteiger partial charge is 0.364 e. The number of aromatic nitrogens is 6. The van der Waals surface area contributed by atoms with Gasteiger partial charge in [0, 0.05) is 17.2 Å². The summed E-state index contributed by atoms with van der Waals surface area (Å²) in [5, 5.41) is 11.6. The lowest BCUT2D eigenvalue weighted by atomic mass is 9.98. The summed E-state index contributed by atoms with van der Waals surface area (Å²) >= 11 is 0. The number of alkyl halides is 3. The van der Waals surface area contributed by atoms with E-state index in [-0.39, 0.29) is 40.5 Å². The van der Waals surface area contributed by atoms with Crippen molar-refractivity contribution < 1.29 is 35.7 Å². The number of benzene rings is 2. The van der Waals surface area contributed by atoms with Crippen molar-refractivity contribution in [3.05, 3.63) is 90.3 Å². The van der Waals surface area contributed by atoms with Crippen LogP contribution in [-0.2, 0) is 12.7 Å². The molecule has 4 heterocycles. The Labute approximate surface area is 209 Å². The van der Waals surface area contributed by atoms with E-state index in [1.807, 2.05) is 0 Å². The molecular formula is C25H14F5N6O2+. The molecular weight excluding hydrogens is 511 g/mol. The van der Waals surface area contributed by atoms with Crippen molar-refractivity contribution in [2.45, 2.75) is 12.7 Å². The lowest BCUT2D eigenvalue weighted by molar-refractivity contribution is -0.746. The Kier molecular flexibility index (Phi) is 5.47. The van der Waals surface area contributed by atoms with Crippen molar-refractivity contribution in [3.8, 4) is 33.8 Å². The average molecular weight is 525 g/mol. The highest BCUT2D eigenvalue weighted by molar-refractivity contribution is 5.77. The van der Waals surface area contributed by atoms with Gasteiger partial charge in [-0.15, -0.1) is 0 Å². The third kappa shape index (κ3) is 4.27. The maximum Gasteiger partial charge on any atom is 0.417 e. The Hall–Kier alpha value is -4.94. The Balaban J connectivity index is 1.29. The normalized spacial score (nSPS) is 11.9. The van der Waals surface area contributed by atoms with Crippen molar-refractivity contribution in [1.82, 2.24) is 25.4 Å². The SMILES string of the molecule is Fc1cccc(-c2nc3cn[n+](Cc4cc(-c5ccc(-c6cnoc6)cc5C(F)(F)F)no4)cc3[nH]2)c1F. The first-order valence-corrected chi connectivity index (χ1v) is 11.0. The molecule has 0 spiro atoms. The van der Waals surface area contributed by atoms with Crippen LogP contribution in [0, 0.1) is 11.6 Å². The highest BCUT2D eigenvalue weighted by Gasteiger charge is 2.35. The predicted molar refractivity (Wildman–Crippen MR) is 121 cm³/mol. The van der Waals surface area contributed by atoms with Gasteiger partial charge in [0.25, 0.3) is 0 Å². The number of nitrogens with one attached hydrogen (secondary N) is 1. The van der Waals surface area contributed by atoms with Gasteiger partial charge in [0.2, 0.25) is 18.5 Å². The third-order valence-corrected chi connectivity index (χ3v) is 5.82. The molecule has 13 heteroatoms. The van der Waals surface area contributed by atoms with E-state index in [1.54, 1.807) is 6.20 Å². The number of rotatable bonds is 5. The van der Waals surface area contributed by atoms with Crippen molar-refractivity contribution in [1.29, 1.82) is 0 Å². The van der Waals surface area contributed by atoms with Crippen LogP contribution in [0.15, 0.2) is 76.4 Å². The Bertz CT molecular complexity index is 1780. The maximum atomic E-state index is 14.2. The number of H-pyrrole nitrogens is 1. The van der Waals surface area contributed by atoms with Crippen LogP contribution in [0.3, 0.4) is 0 Å². The molecule has 0 aliphatic carbocycles. The van der Waals surface area contributed by atoms with Crippen molar-refractivity contribution >= 4 is 11.0 Å². The summed E-state index contributed by atoms with van der Waals surface area (Å²) in [7, 11) is 0. The zero-order chi connectivity index (χ0) is 26.4. The molecule has 4 aromatic heterocycles. The monoisotopic (exact) mass is 525 g/mol. The lowest BCUT2D eigenvalue weighted by Crippen LogP contribution is -2.37. The number of halogens is 5. The molecule has 0 fully saturated rings. The second kappa shape index (κ2) is 8.87. The molecule has 38 heavy (non-hydrogen) atoms. The summed E-state index contributed by atoms with van der Waals surface area (Å²) in [5.74, 6) is -1.68. The fraction of sp³-hybridized carbons (Fsp3) is 0.0800. The number of imidazole rings is 1. The molecule has 0 aliphatic rings. The lowest BCUT2D eigenvalue weighted by Gasteiger charge is -2.12. The molecule has 0 radical (unpaired) electrons. The van der Waals surface area contributed by atoms with Crippen LogP contribution in [0.5, 0.6) is 0 Å². The standard InChI is InChI=1S/C25H13F5N6O2/c26-19-3-1-2-17(23(19)27)24-33-21-9-31-36(11-22(21)34-24)10-15-7-20(35-38-15)16-5-4-13(14-8-32-37-12-14)6-18(16)25(28,29)30/h1-9,11-12H,10H2/p+1. The zero-order valence-electron chi connectivity index (χ0n) is 19.0. The van der Waals surface area contributed by atoms with Gasteiger partial charge in [-0.3, -0.25) is 0 Å². The first kappa shape index (κ1) is 23.5. The van der Waals surface area contributed by atoms with Gasteiger partial charge < -0.3 is 14.0 Å². The Morgan fingerprint density at radius 1 is 0.974 bits per heavy atom. The van der Waals surface area contributed by atoms with Crippen LogP contribution in [0.4, 0.5) is 22.0 Å². The van der Waals surface area contributed by atoms with Gasteiger partial charge in [0.05, 0.1) is 17.3 Å². The summed E-state index contributed by atoms with van der Waals surface area (Å²) < 4.78 is 80.8. The molecule has 0 saturated carbocycles. The molecule has 0 atom stereocenters. The highest BCUT2D eigenvalue weighted by Crippen LogP contribution is 2.39. The van der Waals surface area contributed by atoms with E-state index >= 15 is 0 Å². The number of aromatic amines is 1. The average Bonchev–Trinajstić information content (AvgIpc) is 3.66. The summed E-state index contributed by atoms with van der Waals surface area (Å²) in [4.78, 5) is 7.16. The number of hydrogen-bond acceptors (Lipinski definition) is 6. The Morgan fingerprint density at radius 2 is 1.84 bits per heavy atom. The molecule has 0 amide bonds. The van der Waals surface area contributed by atoms with Gasteiger partial charge in [-0.1, -0.05) is 33.2 Å². The largest absolute Gasteiger partial charge is 0.417 e. The fourth-order valence-corrected chi connectivity index (χ4v) is 4.01. The van der Waals surface area contributed by atoms with E-state index in [0.29, 0.717) is 16.6 Å². The van der Waals surface area contributed by atoms with E-state index < -0.39 is 23.4 Å². The van der Waals surface area contributed by atoms with E-state index in [9.17, 15) is 22.0 Å². The van der Waals surface area contributed by atoms with Gasteiger partial charge in [-0.05, 0) is 28.9 Å². The van der Waals surface area contributed by atoms with E-state index in [2.05, 4.69) is 25.4 Å². The number of fused-ring (bicyclic) bond motifs is 1. The minimum absolute atomic E-state index is 0.00345. The molecule has 0 bridgehead atoms. The van der Waals surface area contributed by atoms with Gasteiger partial charge in [0.1, 0.15) is 35.0 Å². The second-order valence-corrected chi connectivity index (χ2v) is 8.31. The molecule has 190 valence electrons. The Morgan fingerprint density at radius 3 is 2.63 bits per heavy atom. The molecule has 6 aromatic rings. The topological polar surface area (TPSA) is 97.5 Å². The van der Waals surface area contributed by atoms with Crippen LogP contribution in [0.25, 0.3) is 44.8 Å². The molecule has 0 unspecified atom stereocenters. The van der Waals surface area contributed by atoms with Crippen LogP contribution >= 0.6 is 0 Å². The first-order valence-electron chi connectivity index (χ1n) is 11.0. The van der Waals surface area contributed by atoms with E-state index in [0.717, 1.165) is 12.1 Å². The minimum atomic E-state index is -4.65. The predicted octanol–water partition coefficient (Wildman–Crippen LogP) is 5.57. The van der Waals surface area contributed by atoms with Crippen molar-refractivity contribution in [3.63, 3.8) is 0 Å². The second-order valence-electron chi connectivity index (χ2n) is 8.31. The molecule has 2 aromatic carbocycles. The van der Waals surface area contributed by atoms with Crippen LogP contribution in [0.2, 0.25) is 0 Å². The van der Waals surface area contributed by atoms with Gasteiger partial charge >= 0.3 is 6.18 Å². The summed E-state index contributed by atoms with van der Waals surface area (Å²) in [5.41, 5.74) is 0.482. The maximum absolute atomic E-state index is 14.2. The van der Waals surface area contributed by atoms with Gasteiger partial charge in [-0.25, -0.2) is 13.8 Å². The van der Waals surface area contributed by atoms with Gasteiger partial charge in [-0.2, -0.15) is 13.2 Å². The number of nitrogens with zero attached hydrogens (tertiary/aromatic N) is 5. The van der Waals surface area contributed by atoms with Crippen molar-refractivity contribution in [2.75, 3.05) is 0 Å². The summed E-state index contributed by atoms with van der Waals surface area (Å²) in [6, 6.07) is 8.97. The first-order chi connectivity index (χ1) is 18.3. The molecule has 6 rings (SSSR count). The van der Waals surface area contributed by atoms with Gasteiger partial charge in [0.15, 0.2) is 11.6 Å². The number of hydrogen-bond donors (Lipinski definition) is 1. The molecule has 0 aliphatic heterocycles. The summed E-state index contributed by atoms with van der Waals surface area (Å²) in [6.07, 6.45) is 0.890. The van der Waals surface area contributed by atoms with Crippen LogP contribution in [0.1, 0.15) is 11.3 Å². The van der Waals surface area contributed by atoms with Crippen LogP contribution < -0.4 is 4.68 Å². The summed E-state index contributed by atoms with van der Waals surface area (Å²) in [6.45, 7) is 0.0335. The van der Waals surface area contributed by atoms with Crippen LogP contribution in [-0.4, -0.2) is 25.4 Å². The van der Waals surface area contributed by atoms with E-state index in [1.165, 1.54) is 53.7 Å². The molecule has 0 saturated heterocycles. The third-order valence-electron chi connectivity index (χ3n) is 5.82. The fourth-order valence-electron chi connectivity index (χ4n) is 4.01. The quantitative estimate of drug-likeness (QED) is 0.234. The minimum Gasteiger partial charge on any atom is -0.364 e. The molecule has 1 N–H and O–H groups in total.